The molecule has 0 aliphatic heterocycles. The largest absolute Gasteiger partial charge is 0.392 e. The third-order valence-electron chi connectivity index (χ3n) is 9.43. The summed E-state index contributed by atoms with van der Waals surface area (Å²) in [6.07, 6.45) is 1.37. The number of anilines is 6. The van der Waals surface area contributed by atoms with Gasteiger partial charge >= 0.3 is 0 Å². The van der Waals surface area contributed by atoms with Crippen LogP contribution in [0.5, 0.6) is 0 Å². The first-order chi connectivity index (χ1) is 30.8. The highest BCUT2D eigenvalue weighted by Gasteiger charge is 2.20. The Labute approximate surface area is 377 Å². The molecule has 0 saturated carbocycles. The van der Waals surface area contributed by atoms with Crippen LogP contribution in [-0.4, -0.2) is 116 Å². The van der Waals surface area contributed by atoms with Crippen molar-refractivity contribution in [3.8, 4) is 0 Å². The van der Waals surface area contributed by atoms with E-state index in [2.05, 4.69) is 40.5 Å². The number of aliphatic hydroxyl groups excluding tert-OH is 3. The predicted octanol–water partition coefficient (Wildman–Crippen LogP) is 4.77. The summed E-state index contributed by atoms with van der Waals surface area (Å²) in [5.41, 5.74) is 3.42. The first kappa shape index (κ1) is 48.0. The standard InChI is InChI=1S/C44H50N10O9S2/c1-28(55)25-53(4)43-49-40(48-41(51-43)45-35-8-6-5-7-9-35)24-33-15-17-34(38(22-33)65(61,62)63)16-14-31-10-12-32(13-11-31)23-39-47-42(46-36-18-20-37(21-19-36)64(58,59)60)52-44(50-39)54(26-29(2)56)27-30(3)57/h5-22,28-30,55-57H,23-27H2,1-4H3,(H,58,59,60)(H,61,62,63)(H,45,48,49,51)(H,46,47,50,52)/b16-14+. The number of hydrogen-bond acceptors (Lipinski definition) is 17. The molecule has 19 nitrogen and oxygen atoms in total. The quantitative estimate of drug-likeness (QED) is 0.0401. The summed E-state index contributed by atoms with van der Waals surface area (Å²) in [5.74, 6) is 1.49. The summed E-state index contributed by atoms with van der Waals surface area (Å²) in [5, 5.41) is 36.6. The molecule has 2 heterocycles. The first-order valence-corrected chi connectivity index (χ1v) is 23.2. The average molecular weight is 927 g/mol. The Hall–Kier alpha value is -6.46. The number of para-hydroxylation sites is 1. The zero-order valence-corrected chi connectivity index (χ0v) is 37.6. The number of aliphatic hydroxyl groups is 3. The number of likely N-dealkylation sites (N-methyl/N-ethyl adjacent to an activating group) is 1. The number of benzene rings is 4. The highest BCUT2D eigenvalue weighted by molar-refractivity contribution is 7.86. The van der Waals surface area contributed by atoms with Crippen LogP contribution in [-0.2, 0) is 33.1 Å². The third kappa shape index (κ3) is 14.3. The van der Waals surface area contributed by atoms with E-state index >= 15 is 0 Å². The molecule has 0 radical (unpaired) electrons. The molecule has 0 spiro atoms. The van der Waals surface area contributed by atoms with E-state index in [1.165, 1.54) is 30.3 Å². The molecular formula is C44H50N10O9S2. The van der Waals surface area contributed by atoms with Gasteiger partial charge in [-0.1, -0.05) is 66.7 Å². The van der Waals surface area contributed by atoms with Crippen molar-refractivity contribution in [3.05, 3.63) is 131 Å². The topological polar surface area (TPSA) is 277 Å². The van der Waals surface area contributed by atoms with Gasteiger partial charge in [-0.05, 0) is 85.5 Å². The van der Waals surface area contributed by atoms with Crippen molar-refractivity contribution in [2.24, 2.45) is 0 Å². The first-order valence-electron chi connectivity index (χ1n) is 20.3. The zero-order valence-electron chi connectivity index (χ0n) is 35.9. The average Bonchev–Trinajstić information content (AvgIpc) is 3.22. The number of rotatable bonds is 20. The van der Waals surface area contributed by atoms with Gasteiger partial charge in [0.05, 0.1) is 23.2 Å². The lowest BCUT2D eigenvalue weighted by Crippen LogP contribution is -2.38. The lowest BCUT2D eigenvalue weighted by molar-refractivity contribution is 0.177. The lowest BCUT2D eigenvalue weighted by atomic mass is 10.1. The van der Waals surface area contributed by atoms with E-state index in [1.807, 2.05) is 54.6 Å². The molecule has 0 bridgehead atoms. The molecule has 21 heteroatoms. The van der Waals surface area contributed by atoms with Gasteiger partial charge in [0.1, 0.15) is 16.5 Å². The van der Waals surface area contributed by atoms with Crippen molar-refractivity contribution in [3.63, 3.8) is 0 Å². The molecule has 2 aromatic heterocycles. The summed E-state index contributed by atoms with van der Waals surface area (Å²) in [7, 11) is -7.34. The summed E-state index contributed by atoms with van der Waals surface area (Å²) in [4.78, 5) is 30.1. The van der Waals surface area contributed by atoms with E-state index in [9.17, 15) is 41.3 Å². The Kier molecular flexibility index (Phi) is 15.5. The smallest absolute Gasteiger partial charge is 0.295 e. The fraction of sp³-hybridized carbons (Fsp3) is 0.273. The van der Waals surface area contributed by atoms with Gasteiger partial charge in [0.2, 0.25) is 23.8 Å². The van der Waals surface area contributed by atoms with Crippen LogP contribution in [0.15, 0.2) is 107 Å². The zero-order chi connectivity index (χ0) is 46.9. The molecule has 65 heavy (non-hydrogen) atoms. The van der Waals surface area contributed by atoms with E-state index in [1.54, 1.807) is 61.9 Å². The molecule has 0 amide bonds. The summed E-state index contributed by atoms with van der Waals surface area (Å²) < 4.78 is 68.2. The van der Waals surface area contributed by atoms with Gasteiger partial charge in [-0.3, -0.25) is 9.11 Å². The van der Waals surface area contributed by atoms with Crippen molar-refractivity contribution >= 4 is 67.6 Å². The fourth-order valence-corrected chi connectivity index (χ4v) is 7.80. The van der Waals surface area contributed by atoms with Gasteiger partial charge in [-0.25, -0.2) is 0 Å². The molecule has 0 fully saturated rings. The highest BCUT2D eigenvalue weighted by Crippen LogP contribution is 2.25. The van der Waals surface area contributed by atoms with E-state index in [0.29, 0.717) is 34.4 Å². The van der Waals surface area contributed by atoms with Gasteiger partial charge in [0.15, 0.2) is 0 Å². The number of aromatic nitrogens is 6. The van der Waals surface area contributed by atoms with Gasteiger partial charge in [0.25, 0.3) is 20.2 Å². The summed E-state index contributed by atoms with van der Waals surface area (Å²) in [6, 6.07) is 26.6. The molecule has 3 unspecified atom stereocenters. The maximum Gasteiger partial charge on any atom is 0.295 e. The Morgan fingerprint density at radius 1 is 0.585 bits per heavy atom. The summed E-state index contributed by atoms with van der Waals surface area (Å²) >= 11 is 0. The lowest BCUT2D eigenvalue weighted by Gasteiger charge is -2.26. The molecule has 7 N–H and O–H groups in total. The van der Waals surface area contributed by atoms with Gasteiger partial charge in [-0.15, -0.1) is 0 Å². The van der Waals surface area contributed by atoms with Gasteiger partial charge in [-0.2, -0.15) is 46.7 Å². The van der Waals surface area contributed by atoms with Crippen LogP contribution in [0.3, 0.4) is 0 Å². The van der Waals surface area contributed by atoms with E-state index in [4.69, 9.17) is 0 Å². The summed E-state index contributed by atoms with van der Waals surface area (Å²) in [6.45, 7) is 5.31. The monoisotopic (exact) mass is 926 g/mol. The molecule has 4 aromatic carbocycles. The Bertz CT molecular complexity index is 2810. The molecule has 0 saturated heterocycles. The Morgan fingerprint density at radius 3 is 1.66 bits per heavy atom. The SMILES string of the molecule is CC(O)CN(C)c1nc(Cc2ccc(/C=C/c3ccc(Cc4nc(Nc5ccc(S(=O)(=O)O)cc5)nc(N(CC(C)O)CC(C)O)n4)cc3)c(S(=O)(=O)O)c2)nc(Nc2ccccc2)n1. The van der Waals surface area contributed by atoms with Crippen molar-refractivity contribution in [2.45, 2.75) is 61.7 Å². The molecular weight excluding hydrogens is 877 g/mol. The highest BCUT2D eigenvalue weighted by atomic mass is 32.2. The molecule has 0 aliphatic carbocycles. The number of hydrogen-bond donors (Lipinski definition) is 7. The fourth-order valence-electron chi connectivity index (χ4n) is 6.59. The second-order valence-electron chi connectivity index (χ2n) is 15.5. The number of nitrogens with one attached hydrogen (secondary N) is 2. The third-order valence-corrected chi connectivity index (χ3v) is 11.2. The van der Waals surface area contributed by atoms with Crippen molar-refractivity contribution in [1.29, 1.82) is 0 Å². The minimum atomic E-state index is -4.68. The molecule has 342 valence electrons. The van der Waals surface area contributed by atoms with Crippen LogP contribution in [0.4, 0.5) is 35.2 Å². The van der Waals surface area contributed by atoms with Crippen LogP contribution in [0, 0.1) is 0 Å². The molecule has 6 aromatic rings. The second kappa shape index (κ2) is 21.0. The molecule has 3 atom stereocenters. The van der Waals surface area contributed by atoms with E-state index in [0.717, 1.165) is 11.3 Å². The maximum absolute atomic E-state index is 12.7. The predicted molar refractivity (Wildman–Crippen MR) is 247 cm³/mol. The van der Waals surface area contributed by atoms with Crippen molar-refractivity contribution in [1.82, 2.24) is 29.9 Å². The second-order valence-corrected chi connectivity index (χ2v) is 18.3. The number of nitrogens with zero attached hydrogens (tertiary/aromatic N) is 8. The maximum atomic E-state index is 12.7. The van der Waals surface area contributed by atoms with Crippen molar-refractivity contribution in [2.75, 3.05) is 47.1 Å². The van der Waals surface area contributed by atoms with Crippen LogP contribution >= 0.6 is 0 Å². The minimum Gasteiger partial charge on any atom is -0.392 e. The Morgan fingerprint density at radius 2 is 1.11 bits per heavy atom. The van der Waals surface area contributed by atoms with Gasteiger partial charge in [0, 0.05) is 50.9 Å². The minimum absolute atomic E-state index is 0.0962. The van der Waals surface area contributed by atoms with E-state index < -0.39 is 38.5 Å². The van der Waals surface area contributed by atoms with Gasteiger partial charge < -0.3 is 35.8 Å². The van der Waals surface area contributed by atoms with Crippen LogP contribution < -0.4 is 20.4 Å². The van der Waals surface area contributed by atoms with Crippen LogP contribution in [0.2, 0.25) is 0 Å². The van der Waals surface area contributed by atoms with E-state index in [-0.39, 0.29) is 65.7 Å². The molecule has 6 rings (SSSR count). The van der Waals surface area contributed by atoms with Crippen molar-refractivity contribution < 1.29 is 41.3 Å². The van der Waals surface area contributed by atoms with Crippen LogP contribution in [0.25, 0.3) is 12.2 Å². The Balaban J connectivity index is 1.23. The molecule has 0 aliphatic rings. The normalized spacial score (nSPS) is 13.3. The van der Waals surface area contributed by atoms with Crippen LogP contribution in [0.1, 0.15) is 54.7 Å².